The first kappa shape index (κ1) is 17.3. The second-order valence-corrected chi connectivity index (χ2v) is 5.96. The van der Waals surface area contributed by atoms with Crippen LogP contribution in [0, 0.1) is 0 Å². The Labute approximate surface area is 125 Å². The number of ether oxygens (including phenoxy) is 1. The summed E-state index contributed by atoms with van der Waals surface area (Å²) in [5, 5.41) is 0. The summed E-state index contributed by atoms with van der Waals surface area (Å²) in [6.07, 6.45) is 19.2. The van der Waals surface area contributed by atoms with E-state index in [2.05, 4.69) is 19.1 Å². The molecule has 116 valence electrons. The zero-order chi connectivity index (χ0) is 14.5. The van der Waals surface area contributed by atoms with Gasteiger partial charge in [-0.25, -0.2) is 0 Å². The maximum atomic E-state index is 11.9. The summed E-state index contributed by atoms with van der Waals surface area (Å²) in [5.74, 6) is 0.0209. The molecule has 1 atom stereocenters. The van der Waals surface area contributed by atoms with Crippen LogP contribution in [0.25, 0.3) is 0 Å². The maximum absolute atomic E-state index is 11.9. The summed E-state index contributed by atoms with van der Waals surface area (Å²) in [6, 6.07) is 0. The van der Waals surface area contributed by atoms with E-state index in [-0.39, 0.29) is 12.1 Å². The van der Waals surface area contributed by atoms with Gasteiger partial charge in [0, 0.05) is 6.42 Å². The summed E-state index contributed by atoms with van der Waals surface area (Å²) in [7, 11) is 0. The highest BCUT2D eigenvalue weighted by atomic mass is 16.5. The molecule has 0 aliphatic carbocycles. The summed E-state index contributed by atoms with van der Waals surface area (Å²) < 4.78 is 5.67. The fourth-order valence-electron chi connectivity index (χ4n) is 2.71. The van der Waals surface area contributed by atoms with Crippen LogP contribution in [-0.4, -0.2) is 12.1 Å². The van der Waals surface area contributed by atoms with E-state index in [1.54, 1.807) is 0 Å². The van der Waals surface area contributed by atoms with Gasteiger partial charge in [-0.1, -0.05) is 51.2 Å². The Bertz CT molecular complexity index is 271. The van der Waals surface area contributed by atoms with E-state index in [0.717, 1.165) is 25.7 Å². The molecule has 1 aliphatic heterocycles. The Morgan fingerprint density at radius 2 is 1.80 bits per heavy atom. The van der Waals surface area contributed by atoms with E-state index in [4.69, 9.17) is 4.74 Å². The Kier molecular flexibility index (Phi) is 10.3. The van der Waals surface area contributed by atoms with Crippen molar-refractivity contribution in [2.24, 2.45) is 0 Å². The summed E-state index contributed by atoms with van der Waals surface area (Å²) in [4.78, 5) is 11.9. The zero-order valence-corrected chi connectivity index (χ0v) is 13.2. The second kappa shape index (κ2) is 12.0. The van der Waals surface area contributed by atoms with E-state index >= 15 is 0 Å². The highest BCUT2D eigenvalue weighted by Gasteiger charge is 2.13. The molecule has 0 spiro atoms. The summed E-state index contributed by atoms with van der Waals surface area (Å²) in [5.41, 5.74) is 0. The molecule has 20 heavy (non-hydrogen) atoms. The number of cyclic esters (lactones) is 1. The lowest BCUT2D eigenvalue weighted by Crippen LogP contribution is -2.18. The molecule has 0 N–H and O–H groups in total. The van der Waals surface area contributed by atoms with Crippen LogP contribution in [0.3, 0.4) is 0 Å². The Hall–Kier alpha value is -0.790. The molecule has 1 aliphatic rings. The third-order valence-corrected chi connectivity index (χ3v) is 4.00. The van der Waals surface area contributed by atoms with Crippen LogP contribution in [-0.2, 0) is 9.53 Å². The van der Waals surface area contributed by atoms with Crippen molar-refractivity contribution in [3.63, 3.8) is 0 Å². The average molecular weight is 280 g/mol. The van der Waals surface area contributed by atoms with E-state index in [9.17, 15) is 4.79 Å². The first-order chi connectivity index (χ1) is 9.83. The molecule has 0 bridgehead atoms. The molecular formula is C18H32O2. The van der Waals surface area contributed by atoms with Crippen molar-refractivity contribution < 1.29 is 9.53 Å². The molecule has 0 aromatic heterocycles. The fraction of sp³-hybridized carbons (Fsp3) is 0.833. The van der Waals surface area contributed by atoms with Crippen molar-refractivity contribution in [2.75, 3.05) is 0 Å². The Balaban J connectivity index is 2.40. The van der Waals surface area contributed by atoms with Crippen LogP contribution in [0.2, 0.25) is 0 Å². The number of carbonyl (C=O) groups excluding carboxylic acids is 1. The molecule has 0 aromatic rings. The van der Waals surface area contributed by atoms with Crippen LogP contribution < -0.4 is 0 Å². The lowest BCUT2D eigenvalue weighted by atomic mass is 10.0. The van der Waals surface area contributed by atoms with Crippen molar-refractivity contribution in [1.82, 2.24) is 0 Å². The number of esters is 1. The molecule has 0 radical (unpaired) electrons. The number of unbranched alkanes of at least 4 members (excludes halogenated alkanes) is 2. The number of carbonyl (C=O) groups is 1. The van der Waals surface area contributed by atoms with Gasteiger partial charge in [0.25, 0.3) is 0 Å². The van der Waals surface area contributed by atoms with E-state index in [1.165, 1.54) is 51.4 Å². The molecule has 0 aromatic carbocycles. The van der Waals surface area contributed by atoms with Crippen LogP contribution in [0.15, 0.2) is 12.2 Å². The van der Waals surface area contributed by atoms with Gasteiger partial charge in [-0.3, -0.25) is 4.79 Å². The van der Waals surface area contributed by atoms with Crippen molar-refractivity contribution in [3.8, 4) is 0 Å². The third-order valence-electron chi connectivity index (χ3n) is 4.00. The minimum atomic E-state index is 0.0209. The minimum Gasteiger partial charge on any atom is -0.462 e. The predicted octanol–water partition coefficient (Wildman–Crippen LogP) is 5.56. The average Bonchev–Trinajstić information content (AvgIpc) is 2.44. The molecule has 1 unspecified atom stereocenters. The lowest BCUT2D eigenvalue weighted by molar-refractivity contribution is -0.149. The second-order valence-electron chi connectivity index (χ2n) is 5.96. The van der Waals surface area contributed by atoms with Gasteiger partial charge in [0.05, 0.1) is 0 Å². The SMILES string of the molecule is CCCCCC1CC/C=C\CCCCCCCC(=O)O1. The number of allylic oxidation sites excluding steroid dienone is 2. The van der Waals surface area contributed by atoms with E-state index < -0.39 is 0 Å². The van der Waals surface area contributed by atoms with Gasteiger partial charge in [-0.05, 0) is 44.9 Å². The van der Waals surface area contributed by atoms with Gasteiger partial charge < -0.3 is 4.74 Å². The minimum absolute atomic E-state index is 0.0209. The monoisotopic (exact) mass is 280 g/mol. The molecule has 2 nitrogen and oxygen atoms in total. The van der Waals surface area contributed by atoms with Gasteiger partial charge in [0.2, 0.25) is 0 Å². The molecule has 0 saturated heterocycles. The quantitative estimate of drug-likeness (QED) is 0.383. The van der Waals surface area contributed by atoms with Crippen LogP contribution in [0.4, 0.5) is 0 Å². The lowest BCUT2D eigenvalue weighted by Gasteiger charge is -2.17. The first-order valence-corrected chi connectivity index (χ1v) is 8.67. The molecule has 1 heterocycles. The zero-order valence-electron chi connectivity index (χ0n) is 13.2. The molecular weight excluding hydrogens is 248 g/mol. The normalized spacial score (nSPS) is 24.6. The predicted molar refractivity (Wildman–Crippen MR) is 84.7 cm³/mol. The molecule has 2 heteroatoms. The van der Waals surface area contributed by atoms with Gasteiger partial charge in [0.15, 0.2) is 0 Å². The van der Waals surface area contributed by atoms with Gasteiger partial charge >= 0.3 is 5.97 Å². The summed E-state index contributed by atoms with van der Waals surface area (Å²) >= 11 is 0. The van der Waals surface area contributed by atoms with Crippen LogP contribution in [0.5, 0.6) is 0 Å². The first-order valence-electron chi connectivity index (χ1n) is 8.67. The topological polar surface area (TPSA) is 26.3 Å². The largest absolute Gasteiger partial charge is 0.462 e. The third kappa shape index (κ3) is 9.17. The number of hydrogen-bond acceptors (Lipinski definition) is 2. The standard InChI is InChI=1S/C18H32O2/c1-2-3-11-14-17-15-12-9-7-5-4-6-8-10-13-16-18(19)20-17/h7,9,17H,2-6,8,10-16H2,1H3/b9-7-. The smallest absolute Gasteiger partial charge is 0.306 e. The van der Waals surface area contributed by atoms with Gasteiger partial charge in [-0.2, -0.15) is 0 Å². The van der Waals surface area contributed by atoms with Gasteiger partial charge in [0.1, 0.15) is 6.10 Å². The maximum Gasteiger partial charge on any atom is 0.306 e. The van der Waals surface area contributed by atoms with Crippen molar-refractivity contribution >= 4 is 5.97 Å². The molecule has 0 fully saturated rings. The van der Waals surface area contributed by atoms with Gasteiger partial charge in [-0.15, -0.1) is 0 Å². The highest BCUT2D eigenvalue weighted by Crippen LogP contribution is 2.16. The van der Waals surface area contributed by atoms with E-state index in [0.29, 0.717) is 6.42 Å². The summed E-state index contributed by atoms with van der Waals surface area (Å²) in [6.45, 7) is 2.21. The van der Waals surface area contributed by atoms with Crippen LogP contribution >= 0.6 is 0 Å². The molecule has 0 saturated carbocycles. The van der Waals surface area contributed by atoms with Crippen LogP contribution in [0.1, 0.15) is 90.4 Å². The Morgan fingerprint density at radius 1 is 1.05 bits per heavy atom. The van der Waals surface area contributed by atoms with Crippen molar-refractivity contribution in [2.45, 2.75) is 96.5 Å². The number of rotatable bonds is 4. The van der Waals surface area contributed by atoms with E-state index in [1.807, 2.05) is 0 Å². The Morgan fingerprint density at radius 3 is 2.65 bits per heavy atom. The highest BCUT2D eigenvalue weighted by molar-refractivity contribution is 5.69. The number of hydrogen-bond donors (Lipinski definition) is 0. The fourth-order valence-corrected chi connectivity index (χ4v) is 2.71. The van der Waals surface area contributed by atoms with Crippen molar-refractivity contribution in [3.05, 3.63) is 12.2 Å². The molecule has 0 amide bonds. The van der Waals surface area contributed by atoms with Crippen molar-refractivity contribution in [1.29, 1.82) is 0 Å². The molecule has 1 rings (SSSR count).